The summed E-state index contributed by atoms with van der Waals surface area (Å²) >= 11 is 0. The predicted octanol–water partition coefficient (Wildman–Crippen LogP) is 13.6. The maximum Gasteiger partial charge on any atom is 0.0713 e. The fourth-order valence-electron chi connectivity index (χ4n) is 3.90. The van der Waals surface area contributed by atoms with Crippen molar-refractivity contribution in [3.05, 3.63) is 59.7 Å². The monoisotopic (exact) mass is 812 g/mol. The van der Waals surface area contributed by atoms with Crippen molar-refractivity contribution < 1.29 is 50.5 Å². The molecule has 0 aliphatic carbocycles. The molecule has 0 saturated carbocycles. The summed E-state index contributed by atoms with van der Waals surface area (Å²) < 4.78 is 50.9. The molecule has 2 rings (SSSR count). The first-order valence-corrected chi connectivity index (χ1v) is 24.2. The molecule has 0 radical (unpaired) electrons. The Labute approximate surface area is 308 Å². The molecule has 10 heteroatoms. The summed E-state index contributed by atoms with van der Waals surface area (Å²) in [5.41, 5.74) is 0.218. The van der Waals surface area contributed by atoms with Gasteiger partial charge in [-0.2, -0.15) is 24.3 Å². The number of hydrogen-bond donors (Lipinski definition) is 0. The second-order valence-corrected chi connectivity index (χ2v) is 22.5. The van der Waals surface area contributed by atoms with E-state index in [4.69, 9.17) is 0 Å². The van der Waals surface area contributed by atoms with Gasteiger partial charge >= 0.3 is 0 Å². The third-order valence-corrected chi connectivity index (χ3v) is 18.1. The second kappa shape index (κ2) is 38.7. The SMILES string of the molecule is CCP(CC)CC.CCP(CC)CC.CCP(CC)CC.CCP(CC)CC.Fc1[c-]c(-c2[c-]c(F)c(F)cc2)ccc1F.[Ni].[Ni]. The molecule has 2 aromatic carbocycles. The van der Waals surface area contributed by atoms with Gasteiger partial charge in [-0.05, 0) is 73.9 Å². The van der Waals surface area contributed by atoms with Gasteiger partial charge < -0.3 is 0 Å². The van der Waals surface area contributed by atoms with E-state index >= 15 is 0 Å². The van der Waals surface area contributed by atoms with Crippen molar-refractivity contribution >= 4 is 31.7 Å². The normalized spacial score (nSPS) is 9.91. The van der Waals surface area contributed by atoms with Crippen LogP contribution in [0.5, 0.6) is 0 Å². The first-order chi connectivity index (χ1) is 21.0. The molecule has 0 aliphatic heterocycles. The second-order valence-electron chi connectivity index (χ2n) is 9.55. The van der Waals surface area contributed by atoms with Gasteiger partial charge in [0.05, 0.1) is 23.3 Å². The minimum Gasteiger partial charge on any atom is -0.262 e. The van der Waals surface area contributed by atoms with E-state index < -0.39 is 23.3 Å². The molecule has 0 aromatic heterocycles. The van der Waals surface area contributed by atoms with E-state index in [-0.39, 0.29) is 44.1 Å². The molecule has 0 nitrogen and oxygen atoms in total. The number of halogens is 4. The molecule has 0 heterocycles. The molecular formula is C36H64F4Ni2P4-2. The third-order valence-electron chi connectivity index (χ3n) is 7.36. The maximum absolute atomic E-state index is 12.8. The Morgan fingerprint density at radius 3 is 0.652 bits per heavy atom. The minimum absolute atomic E-state index is 0. The summed E-state index contributed by atoms with van der Waals surface area (Å²) in [5, 5.41) is 0. The van der Waals surface area contributed by atoms with E-state index in [1.165, 1.54) is 86.1 Å². The van der Waals surface area contributed by atoms with E-state index in [0.717, 1.165) is 12.1 Å². The average Bonchev–Trinajstić information content (AvgIpc) is 3.04. The molecule has 46 heavy (non-hydrogen) atoms. The van der Waals surface area contributed by atoms with Gasteiger partial charge in [-0.1, -0.05) is 83.1 Å². The Bertz CT molecular complexity index is 790. The molecule has 0 amide bonds. The van der Waals surface area contributed by atoms with Crippen LogP contribution in [-0.2, 0) is 33.0 Å². The van der Waals surface area contributed by atoms with Gasteiger partial charge in [0.1, 0.15) is 0 Å². The summed E-state index contributed by atoms with van der Waals surface area (Å²) in [5.74, 6) is -4.44. The minimum atomic E-state index is -1.17. The zero-order chi connectivity index (χ0) is 34.5. The summed E-state index contributed by atoms with van der Waals surface area (Å²) in [6, 6.07) is 8.34. The maximum atomic E-state index is 12.8. The van der Waals surface area contributed by atoms with E-state index in [1.54, 1.807) is 0 Å². The smallest absolute Gasteiger partial charge is 0.0713 e. The Kier molecular flexibility index (Phi) is 47.3. The third kappa shape index (κ3) is 28.7. The van der Waals surface area contributed by atoms with Crippen molar-refractivity contribution in [1.29, 1.82) is 0 Å². The first-order valence-electron chi connectivity index (χ1n) is 16.6. The summed E-state index contributed by atoms with van der Waals surface area (Å²) in [7, 11) is 1.78. The quantitative estimate of drug-likeness (QED) is 0.0818. The molecule has 0 aliphatic rings. The molecule has 278 valence electrons. The van der Waals surface area contributed by atoms with Crippen molar-refractivity contribution in [2.24, 2.45) is 0 Å². The fraction of sp³-hybridized carbons (Fsp3) is 0.667. The van der Waals surface area contributed by atoms with Gasteiger partial charge in [-0.3, -0.25) is 8.78 Å². The molecular weight excluding hydrogens is 750 g/mol. The molecule has 0 saturated heterocycles. The summed E-state index contributed by atoms with van der Waals surface area (Å²) in [6.45, 7) is 27.5. The van der Waals surface area contributed by atoms with Crippen LogP contribution in [0.15, 0.2) is 24.3 Å². The van der Waals surface area contributed by atoms with E-state index in [9.17, 15) is 17.6 Å². The molecule has 0 atom stereocenters. The molecule has 0 N–H and O–H groups in total. The summed E-state index contributed by atoms with van der Waals surface area (Å²) in [4.78, 5) is 0. The molecule has 0 bridgehead atoms. The zero-order valence-electron chi connectivity index (χ0n) is 30.7. The Morgan fingerprint density at radius 1 is 0.370 bits per heavy atom. The van der Waals surface area contributed by atoms with Crippen molar-refractivity contribution in [3.8, 4) is 11.1 Å². The molecule has 0 unspecified atom stereocenters. The predicted molar refractivity (Wildman–Crippen MR) is 204 cm³/mol. The first kappa shape index (κ1) is 56.3. The van der Waals surface area contributed by atoms with Crippen molar-refractivity contribution in [1.82, 2.24) is 0 Å². The topological polar surface area (TPSA) is 0 Å². The Balaban J connectivity index is -0.000000162. The van der Waals surface area contributed by atoms with Gasteiger partial charge in [-0.15, -0.1) is 43.8 Å². The van der Waals surface area contributed by atoms with Gasteiger partial charge in [-0.25, -0.2) is 19.9 Å². The van der Waals surface area contributed by atoms with Crippen LogP contribution in [0, 0.1) is 35.4 Å². The Morgan fingerprint density at radius 2 is 0.543 bits per heavy atom. The van der Waals surface area contributed by atoms with Gasteiger partial charge in [0.2, 0.25) is 0 Å². The average molecular weight is 814 g/mol. The van der Waals surface area contributed by atoms with Crippen LogP contribution in [0.25, 0.3) is 11.1 Å². The van der Waals surface area contributed by atoms with Crippen LogP contribution < -0.4 is 0 Å². The standard InChI is InChI=1S/C12H4F4.4C6H15P.2Ni/c13-9-3-1-7(5-11(9)15)8-2-4-10(14)12(16)6-8;4*1-4-7(5-2)6-3;;/h1-4H;4*4-6H2,1-3H3;;/q-2;;;;;;. The van der Waals surface area contributed by atoms with Gasteiger partial charge in [0, 0.05) is 33.0 Å². The molecule has 0 fully saturated rings. The van der Waals surface area contributed by atoms with E-state index in [2.05, 4.69) is 95.2 Å². The fourth-order valence-corrected chi connectivity index (χ4v) is 9.26. The van der Waals surface area contributed by atoms with Crippen LogP contribution in [0.2, 0.25) is 0 Å². The van der Waals surface area contributed by atoms with Gasteiger partial charge in [0.25, 0.3) is 0 Å². The van der Waals surface area contributed by atoms with Gasteiger partial charge in [0.15, 0.2) is 0 Å². The van der Waals surface area contributed by atoms with Crippen LogP contribution in [0.3, 0.4) is 0 Å². The van der Waals surface area contributed by atoms with Crippen LogP contribution in [0.4, 0.5) is 17.6 Å². The van der Waals surface area contributed by atoms with Crippen molar-refractivity contribution in [3.63, 3.8) is 0 Å². The van der Waals surface area contributed by atoms with E-state index in [0.29, 0.717) is 31.7 Å². The van der Waals surface area contributed by atoms with E-state index in [1.807, 2.05) is 0 Å². The summed E-state index contributed by atoms with van der Waals surface area (Å²) in [6.07, 6.45) is 17.0. The molecule has 0 spiro atoms. The molecule has 2 aromatic rings. The largest absolute Gasteiger partial charge is 0.262 e. The Hall–Kier alpha value is 0.867. The van der Waals surface area contributed by atoms with Crippen LogP contribution in [0.1, 0.15) is 83.1 Å². The van der Waals surface area contributed by atoms with Crippen LogP contribution in [-0.4, -0.2) is 73.9 Å². The number of benzene rings is 2. The van der Waals surface area contributed by atoms with Crippen molar-refractivity contribution in [2.45, 2.75) is 83.1 Å². The van der Waals surface area contributed by atoms with Crippen molar-refractivity contribution in [2.75, 3.05) is 73.9 Å². The number of rotatable bonds is 13. The van der Waals surface area contributed by atoms with Crippen LogP contribution >= 0.6 is 31.7 Å². The zero-order valence-corrected chi connectivity index (χ0v) is 36.3. The number of hydrogen-bond acceptors (Lipinski definition) is 0.